The molecule has 0 aliphatic heterocycles. The molecule has 132 valence electrons. The molecule has 0 saturated heterocycles. The Kier molecular flexibility index (Phi) is 3.32. The van der Waals surface area contributed by atoms with Crippen LogP contribution in [0.15, 0.2) is 82.8 Å². The van der Waals surface area contributed by atoms with Crippen LogP contribution in [0.1, 0.15) is 5.56 Å². The van der Waals surface area contributed by atoms with Crippen molar-refractivity contribution in [1.29, 1.82) is 0 Å². The Bertz CT molecular complexity index is 1440. The number of fused-ring (bicyclic) bond motifs is 5. The van der Waals surface area contributed by atoms with E-state index in [1.807, 2.05) is 37.3 Å². The summed E-state index contributed by atoms with van der Waals surface area (Å²) in [6, 6.07) is 18.4. The van der Waals surface area contributed by atoms with Crippen LogP contribution >= 0.6 is 0 Å². The Labute approximate surface area is 155 Å². The van der Waals surface area contributed by atoms with E-state index >= 15 is 0 Å². The molecule has 0 spiro atoms. The molecule has 0 radical (unpaired) electrons. The van der Waals surface area contributed by atoms with Crippen molar-refractivity contribution < 1.29 is 8.42 Å². The molecule has 3 aromatic heterocycles. The topological polar surface area (TPSA) is 64.3 Å². The molecular formula is C21H15N3O2S. The highest BCUT2D eigenvalue weighted by Crippen LogP contribution is 2.30. The van der Waals surface area contributed by atoms with Gasteiger partial charge in [0.15, 0.2) is 0 Å². The van der Waals surface area contributed by atoms with E-state index in [-0.39, 0.29) is 9.79 Å². The van der Waals surface area contributed by atoms with Crippen molar-refractivity contribution in [3.05, 3.63) is 78.6 Å². The van der Waals surface area contributed by atoms with Gasteiger partial charge in [-0.3, -0.25) is 4.98 Å². The number of benzene rings is 2. The summed E-state index contributed by atoms with van der Waals surface area (Å²) in [6.45, 7) is 1.93. The third-order valence-corrected chi connectivity index (χ3v) is 6.59. The van der Waals surface area contributed by atoms with Gasteiger partial charge in [0, 0.05) is 17.0 Å². The number of hydrogen-bond acceptors (Lipinski definition) is 4. The summed E-state index contributed by atoms with van der Waals surface area (Å²) in [5.74, 6) is 0. The van der Waals surface area contributed by atoms with Gasteiger partial charge in [0.1, 0.15) is 4.90 Å². The predicted molar refractivity (Wildman–Crippen MR) is 105 cm³/mol. The zero-order valence-corrected chi connectivity index (χ0v) is 15.3. The van der Waals surface area contributed by atoms with Crippen molar-refractivity contribution in [3.8, 4) is 0 Å². The van der Waals surface area contributed by atoms with Gasteiger partial charge in [-0.05, 0) is 31.2 Å². The molecule has 3 heterocycles. The van der Waals surface area contributed by atoms with Gasteiger partial charge < -0.3 is 0 Å². The van der Waals surface area contributed by atoms with Gasteiger partial charge >= 0.3 is 0 Å². The Hall–Kier alpha value is -3.25. The fourth-order valence-corrected chi connectivity index (χ4v) is 4.76. The van der Waals surface area contributed by atoms with Gasteiger partial charge in [-0.2, -0.15) is 5.10 Å². The van der Waals surface area contributed by atoms with Gasteiger partial charge in [0.2, 0.25) is 9.84 Å². The maximum Gasteiger partial charge on any atom is 0.210 e. The summed E-state index contributed by atoms with van der Waals surface area (Å²) in [4.78, 5) is 4.95. The minimum absolute atomic E-state index is 0.196. The molecule has 0 N–H and O–H groups in total. The average molecular weight is 373 g/mol. The lowest BCUT2D eigenvalue weighted by molar-refractivity contribution is 0.597. The van der Waals surface area contributed by atoms with Crippen LogP contribution in [0.2, 0.25) is 0 Å². The highest BCUT2D eigenvalue weighted by atomic mass is 32.2. The van der Waals surface area contributed by atoms with E-state index in [0.29, 0.717) is 5.52 Å². The fraction of sp³-hybridized carbons (Fsp3) is 0.0476. The molecule has 0 fully saturated rings. The van der Waals surface area contributed by atoms with E-state index in [9.17, 15) is 8.42 Å². The Morgan fingerprint density at radius 3 is 2.44 bits per heavy atom. The van der Waals surface area contributed by atoms with Gasteiger partial charge in [0.25, 0.3) is 0 Å². The van der Waals surface area contributed by atoms with Crippen LogP contribution in [0.4, 0.5) is 0 Å². The highest BCUT2D eigenvalue weighted by Gasteiger charge is 2.23. The van der Waals surface area contributed by atoms with Crippen LogP contribution in [0.3, 0.4) is 0 Å². The van der Waals surface area contributed by atoms with E-state index in [1.165, 1.54) is 6.20 Å². The second-order valence-corrected chi connectivity index (χ2v) is 8.45. The lowest BCUT2D eigenvalue weighted by Gasteiger charge is -2.07. The third-order valence-electron chi connectivity index (χ3n) is 4.80. The molecule has 6 heteroatoms. The quantitative estimate of drug-likeness (QED) is 0.436. The summed E-state index contributed by atoms with van der Waals surface area (Å²) in [7, 11) is -3.66. The fourth-order valence-electron chi connectivity index (χ4n) is 3.40. The van der Waals surface area contributed by atoms with E-state index in [0.717, 1.165) is 27.4 Å². The van der Waals surface area contributed by atoms with Gasteiger partial charge in [-0.15, -0.1) is 0 Å². The normalized spacial score (nSPS) is 12.2. The smallest absolute Gasteiger partial charge is 0.210 e. The number of sulfone groups is 1. The average Bonchev–Trinajstić information content (AvgIpc) is 3.13. The van der Waals surface area contributed by atoms with Crippen molar-refractivity contribution in [1.82, 2.24) is 14.6 Å². The van der Waals surface area contributed by atoms with Crippen LogP contribution < -0.4 is 0 Å². The van der Waals surface area contributed by atoms with E-state index < -0.39 is 9.84 Å². The van der Waals surface area contributed by atoms with Crippen molar-refractivity contribution in [2.75, 3.05) is 0 Å². The number of pyridine rings is 2. The first kappa shape index (κ1) is 16.0. The SMILES string of the molecule is Cc1ccc(S(=O)(=O)c2cnn3c2ccc2ccc4cccnc4c23)cc1. The van der Waals surface area contributed by atoms with Crippen molar-refractivity contribution in [3.63, 3.8) is 0 Å². The number of aromatic nitrogens is 3. The molecular weight excluding hydrogens is 358 g/mol. The van der Waals surface area contributed by atoms with Crippen LogP contribution in [0.5, 0.6) is 0 Å². The van der Waals surface area contributed by atoms with Gasteiger partial charge in [0.05, 0.1) is 27.6 Å². The van der Waals surface area contributed by atoms with Crippen LogP contribution in [0, 0.1) is 6.92 Å². The molecule has 27 heavy (non-hydrogen) atoms. The van der Waals surface area contributed by atoms with Gasteiger partial charge in [-0.25, -0.2) is 12.9 Å². The number of hydrogen-bond donors (Lipinski definition) is 0. The summed E-state index contributed by atoms with van der Waals surface area (Å²) in [5, 5.41) is 6.34. The summed E-state index contributed by atoms with van der Waals surface area (Å²) in [6.07, 6.45) is 3.15. The number of nitrogens with zero attached hydrogens (tertiary/aromatic N) is 3. The van der Waals surface area contributed by atoms with E-state index in [4.69, 9.17) is 0 Å². The lowest BCUT2D eigenvalue weighted by Crippen LogP contribution is -2.02. The van der Waals surface area contributed by atoms with Crippen LogP contribution in [-0.4, -0.2) is 23.0 Å². The first-order valence-electron chi connectivity index (χ1n) is 8.52. The maximum atomic E-state index is 13.2. The van der Waals surface area contributed by atoms with Crippen molar-refractivity contribution in [2.24, 2.45) is 0 Å². The second-order valence-electron chi connectivity index (χ2n) is 6.53. The molecule has 5 aromatic rings. The molecule has 5 rings (SSSR count). The Morgan fingerprint density at radius 2 is 1.63 bits per heavy atom. The van der Waals surface area contributed by atoms with Crippen molar-refractivity contribution >= 4 is 37.2 Å². The zero-order valence-electron chi connectivity index (χ0n) is 14.5. The van der Waals surface area contributed by atoms with E-state index in [1.54, 1.807) is 41.0 Å². The van der Waals surface area contributed by atoms with Crippen LogP contribution in [-0.2, 0) is 9.84 Å². The zero-order chi connectivity index (χ0) is 18.6. The van der Waals surface area contributed by atoms with Gasteiger partial charge in [-0.1, -0.05) is 42.0 Å². The second kappa shape index (κ2) is 5.62. The lowest BCUT2D eigenvalue weighted by atomic mass is 10.1. The first-order chi connectivity index (χ1) is 13.1. The maximum absolute atomic E-state index is 13.2. The molecule has 0 saturated carbocycles. The molecule has 0 aliphatic rings. The first-order valence-corrected chi connectivity index (χ1v) is 10.00. The molecule has 0 aliphatic carbocycles. The Morgan fingerprint density at radius 1 is 0.889 bits per heavy atom. The predicted octanol–water partition coefficient (Wildman–Crippen LogP) is 4.18. The minimum Gasteiger partial charge on any atom is -0.254 e. The number of rotatable bonds is 2. The summed E-state index contributed by atoms with van der Waals surface area (Å²) < 4.78 is 28.0. The standard InChI is InChI=1S/C21H15N3O2S/c1-14-4-9-17(10-5-14)27(25,26)19-13-23-24-18(19)11-8-16-7-6-15-3-2-12-22-20(15)21(16)24/h2-13H,1H3. The Balaban J connectivity index is 1.84. The monoisotopic (exact) mass is 373 g/mol. The molecule has 2 aromatic carbocycles. The largest absolute Gasteiger partial charge is 0.254 e. The molecule has 0 bridgehead atoms. The third kappa shape index (κ3) is 2.34. The van der Waals surface area contributed by atoms with Crippen molar-refractivity contribution in [2.45, 2.75) is 16.7 Å². The molecule has 0 amide bonds. The minimum atomic E-state index is -3.66. The molecule has 5 nitrogen and oxygen atoms in total. The molecule has 0 unspecified atom stereocenters. The van der Waals surface area contributed by atoms with E-state index in [2.05, 4.69) is 10.1 Å². The summed E-state index contributed by atoms with van der Waals surface area (Å²) >= 11 is 0. The number of aryl methyl sites for hydroxylation is 1. The molecule has 0 atom stereocenters. The van der Waals surface area contributed by atoms with Crippen LogP contribution in [0.25, 0.3) is 27.3 Å². The highest BCUT2D eigenvalue weighted by molar-refractivity contribution is 7.91. The summed E-state index contributed by atoms with van der Waals surface area (Å²) in [5.41, 5.74) is 3.15.